The SMILES string of the molecule is C=C(CC(C)(C)CCOC(C)(C)C)C(CC(C)(C)C(C)(C)C(CC(C)(C)C)c1ccc(S(=C)(C)=O)cc1)C(C)(C)C. The quantitative estimate of drug-likeness (QED) is 0.169. The van der Waals surface area contributed by atoms with Gasteiger partial charge in [-0.2, -0.15) is 0 Å². The molecule has 0 radical (unpaired) electrons. The number of benzene rings is 1. The van der Waals surface area contributed by atoms with E-state index in [0.717, 1.165) is 37.2 Å². The van der Waals surface area contributed by atoms with E-state index in [-0.39, 0.29) is 32.7 Å². The minimum atomic E-state index is -2.23. The van der Waals surface area contributed by atoms with E-state index in [1.165, 1.54) is 11.1 Å². The first-order chi connectivity index (χ1) is 18.0. The van der Waals surface area contributed by atoms with E-state index in [0.29, 0.717) is 11.8 Å². The molecular formula is C38H68O2S. The summed E-state index contributed by atoms with van der Waals surface area (Å²) >= 11 is 0. The van der Waals surface area contributed by atoms with Gasteiger partial charge in [0.2, 0.25) is 0 Å². The maximum Gasteiger partial charge on any atom is 0.0598 e. The van der Waals surface area contributed by atoms with Crippen molar-refractivity contribution in [1.29, 1.82) is 0 Å². The number of hydrogen-bond acceptors (Lipinski definition) is 2. The first-order valence-corrected chi connectivity index (χ1v) is 17.9. The molecule has 0 amide bonds. The van der Waals surface area contributed by atoms with Gasteiger partial charge in [0.05, 0.1) is 5.60 Å². The van der Waals surface area contributed by atoms with E-state index >= 15 is 0 Å². The monoisotopic (exact) mass is 588 g/mol. The molecule has 3 atom stereocenters. The van der Waals surface area contributed by atoms with E-state index in [1.54, 1.807) is 6.26 Å². The average Bonchev–Trinajstić information content (AvgIpc) is 2.72. The molecule has 0 heterocycles. The minimum absolute atomic E-state index is 0.000265. The van der Waals surface area contributed by atoms with Gasteiger partial charge in [0.1, 0.15) is 0 Å². The lowest BCUT2D eigenvalue weighted by Crippen LogP contribution is -2.42. The smallest absolute Gasteiger partial charge is 0.0598 e. The van der Waals surface area contributed by atoms with Gasteiger partial charge in [0.25, 0.3) is 0 Å². The zero-order chi connectivity index (χ0) is 32.5. The molecule has 1 aromatic carbocycles. The van der Waals surface area contributed by atoms with Crippen LogP contribution in [0.15, 0.2) is 41.3 Å². The highest BCUT2D eigenvalue weighted by molar-refractivity contribution is 7.99. The lowest BCUT2D eigenvalue weighted by atomic mass is 9.53. The predicted octanol–water partition coefficient (Wildman–Crippen LogP) is 11.2. The maximum atomic E-state index is 12.6. The Morgan fingerprint density at radius 1 is 0.829 bits per heavy atom. The zero-order valence-corrected chi connectivity index (χ0v) is 31.0. The topological polar surface area (TPSA) is 26.3 Å². The van der Waals surface area contributed by atoms with Crippen LogP contribution in [0.5, 0.6) is 0 Å². The summed E-state index contributed by atoms with van der Waals surface area (Å²) in [5.41, 5.74) is 3.04. The van der Waals surface area contributed by atoms with Gasteiger partial charge in [-0.1, -0.05) is 107 Å². The van der Waals surface area contributed by atoms with Crippen LogP contribution in [-0.4, -0.2) is 28.5 Å². The molecule has 0 spiro atoms. The summed E-state index contributed by atoms with van der Waals surface area (Å²) in [6.45, 7) is 40.7. The Balaban J connectivity index is 3.39. The van der Waals surface area contributed by atoms with Gasteiger partial charge in [-0.15, -0.1) is 0 Å². The second-order valence-corrected chi connectivity index (χ2v) is 20.8. The largest absolute Gasteiger partial charge is 0.376 e. The molecule has 0 aliphatic carbocycles. The number of allylic oxidation sites excluding steroid dienone is 1. The third-order valence-corrected chi connectivity index (χ3v) is 10.8. The predicted molar refractivity (Wildman–Crippen MR) is 186 cm³/mol. The summed E-state index contributed by atoms with van der Waals surface area (Å²) in [6, 6.07) is 8.49. The fourth-order valence-corrected chi connectivity index (χ4v) is 6.87. The first-order valence-electron chi connectivity index (χ1n) is 15.7. The van der Waals surface area contributed by atoms with Crippen LogP contribution >= 0.6 is 0 Å². The fourth-order valence-electron chi connectivity index (χ4n) is 6.16. The van der Waals surface area contributed by atoms with Crippen LogP contribution in [0.1, 0.15) is 141 Å². The summed E-state index contributed by atoms with van der Waals surface area (Å²) in [5, 5.41) is 0. The number of rotatable bonds is 13. The lowest BCUT2D eigenvalue weighted by molar-refractivity contribution is -0.0162. The molecule has 0 aromatic heterocycles. The molecule has 0 aliphatic rings. The van der Waals surface area contributed by atoms with Crippen molar-refractivity contribution in [3.8, 4) is 0 Å². The highest BCUT2D eigenvalue weighted by atomic mass is 32.2. The Kier molecular flexibility index (Phi) is 11.9. The molecule has 3 heteroatoms. The van der Waals surface area contributed by atoms with Crippen molar-refractivity contribution in [2.75, 3.05) is 12.9 Å². The Morgan fingerprint density at radius 3 is 1.71 bits per heavy atom. The van der Waals surface area contributed by atoms with E-state index in [4.69, 9.17) is 11.3 Å². The van der Waals surface area contributed by atoms with E-state index in [2.05, 4.69) is 122 Å². The van der Waals surface area contributed by atoms with Gasteiger partial charge < -0.3 is 4.74 Å². The molecule has 0 N–H and O–H groups in total. The Labute approximate surface area is 257 Å². The highest BCUT2D eigenvalue weighted by Crippen LogP contribution is 2.57. The molecule has 0 saturated heterocycles. The van der Waals surface area contributed by atoms with Crippen molar-refractivity contribution in [1.82, 2.24) is 0 Å². The van der Waals surface area contributed by atoms with Crippen molar-refractivity contribution < 1.29 is 8.95 Å². The molecule has 0 saturated carbocycles. The van der Waals surface area contributed by atoms with Crippen molar-refractivity contribution >= 4 is 15.4 Å². The highest BCUT2D eigenvalue weighted by Gasteiger charge is 2.47. The molecule has 238 valence electrons. The van der Waals surface area contributed by atoms with Crippen molar-refractivity contribution in [3.63, 3.8) is 0 Å². The summed E-state index contributed by atoms with van der Waals surface area (Å²) < 4.78 is 18.7. The molecule has 41 heavy (non-hydrogen) atoms. The van der Waals surface area contributed by atoms with Crippen molar-refractivity contribution in [2.45, 2.75) is 146 Å². The van der Waals surface area contributed by atoms with E-state index < -0.39 is 9.52 Å². The number of ether oxygens (including phenoxy) is 1. The third kappa shape index (κ3) is 11.9. The standard InChI is InChI=1S/C38H68O2S/c1-28(25-36(11,12)23-24-40-35(8,9)10)31(34(5,6)7)27-37(13,14)38(15,16)32(26-33(2,3)4)29-19-21-30(22-20-29)41(17,18)39/h19-22,31-32H,1,17,23-27H2,2-16,18H3. The number of hydrogen-bond donors (Lipinski definition) is 0. The molecular weight excluding hydrogens is 520 g/mol. The Hall–Kier alpha value is -1.06. The molecule has 1 aromatic rings. The van der Waals surface area contributed by atoms with Gasteiger partial charge in [-0.3, -0.25) is 4.21 Å². The van der Waals surface area contributed by atoms with Gasteiger partial charge in [-0.25, -0.2) is 0 Å². The van der Waals surface area contributed by atoms with Gasteiger partial charge in [0.15, 0.2) is 0 Å². The van der Waals surface area contributed by atoms with Gasteiger partial charge >= 0.3 is 0 Å². The Morgan fingerprint density at radius 2 is 1.32 bits per heavy atom. The molecule has 1 rings (SSSR count). The molecule has 0 fully saturated rings. The van der Waals surface area contributed by atoms with Crippen LogP contribution < -0.4 is 0 Å². The fraction of sp³-hybridized carbons (Fsp3) is 0.763. The van der Waals surface area contributed by atoms with Crippen molar-refractivity contribution in [3.05, 3.63) is 42.0 Å². The van der Waals surface area contributed by atoms with Crippen molar-refractivity contribution in [2.24, 2.45) is 33.0 Å². The molecule has 0 aliphatic heterocycles. The normalized spacial score (nSPS) is 17.2. The van der Waals surface area contributed by atoms with Crippen LogP contribution in [0.25, 0.3) is 0 Å². The van der Waals surface area contributed by atoms with Gasteiger partial charge in [0, 0.05) is 17.8 Å². The molecule has 2 nitrogen and oxygen atoms in total. The molecule has 0 bridgehead atoms. The summed E-state index contributed by atoms with van der Waals surface area (Å²) in [4.78, 5) is 0.826. The lowest BCUT2D eigenvalue weighted by Gasteiger charge is -2.52. The summed E-state index contributed by atoms with van der Waals surface area (Å²) in [7, 11) is -2.23. The minimum Gasteiger partial charge on any atom is -0.376 e. The van der Waals surface area contributed by atoms with Crippen LogP contribution in [0, 0.1) is 33.0 Å². The van der Waals surface area contributed by atoms with E-state index in [1.807, 2.05) is 12.1 Å². The second-order valence-electron chi connectivity index (χ2n) is 18.3. The molecule has 3 unspecified atom stereocenters. The van der Waals surface area contributed by atoms with Crippen LogP contribution in [0.2, 0.25) is 0 Å². The van der Waals surface area contributed by atoms with Crippen LogP contribution in [0.3, 0.4) is 0 Å². The maximum absolute atomic E-state index is 12.6. The first kappa shape index (κ1) is 38.0. The van der Waals surface area contributed by atoms with Crippen LogP contribution in [-0.2, 0) is 14.3 Å². The van der Waals surface area contributed by atoms with Crippen LogP contribution in [0.4, 0.5) is 0 Å². The zero-order valence-electron chi connectivity index (χ0n) is 30.1. The second kappa shape index (κ2) is 12.9. The third-order valence-electron chi connectivity index (χ3n) is 9.49. The van der Waals surface area contributed by atoms with E-state index in [9.17, 15) is 4.21 Å². The van der Waals surface area contributed by atoms with Gasteiger partial charge in [-0.05, 0) is 118 Å². The Bertz CT molecular complexity index is 1090. The summed E-state index contributed by atoms with van der Waals surface area (Å²) in [5.74, 6) is 4.65. The summed E-state index contributed by atoms with van der Waals surface area (Å²) in [6.07, 6.45) is 5.91. The average molecular weight is 589 g/mol.